The van der Waals surface area contributed by atoms with E-state index >= 15 is 0 Å². The molecular formula is C9H6FNO4. The van der Waals surface area contributed by atoms with Crippen molar-refractivity contribution in [3.63, 3.8) is 0 Å². The molecule has 0 spiro atoms. The van der Waals surface area contributed by atoms with E-state index in [1.165, 1.54) is 0 Å². The van der Waals surface area contributed by atoms with Gasteiger partial charge in [0.15, 0.2) is 12.1 Å². The van der Waals surface area contributed by atoms with Gasteiger partial charge in [0.05, 0.1) is 4.92 Å². The number of carbonyl (C=O) groups excluding carboxylic acids is 2. The van der Waals surface area contributed by atoms with E-state index in [0.29, 0.717) is 0 Å². The molecule has 0 heterocycles. The van der Waals surface area contributed by atoms with Gasteiger partial charge in [0.2, 0.25) is 0 Å². The normalized spacial score (nSPS) is 9.73. The van der Waals surface area contributed by atoms with Crippen LogP contribution in [0.25, 0.3) is 0 Å². The summed E-state index contributed by atoms with van der Waals surface area (Å²) in [6.07, 6.45) is 0.0530. The minimum absolute atomic E-state index is 0.0530. The second-order valence-corrected chi connectivity index (χ2v) is 2.82. The van der Waals surface area contributed by atoms with Crippen LogP contribution in [0.15, 0.2) is 12.1 Å². The van der Waals surface area contributed by atoms with Gasteiger partial charge < -0.3 is 0 Å². The van der Waals surface area contributed by atoms with Crippen molar-refractivity contribution in [3.8, 4) is 0 Å². The highest BCUT2D eigenvalue weighted by molar-refractivity contribution is 5.96. The average molecular weight is 211 g/mol. The standard InChI is InChI=1S/C9H6FNO4/c1-5(13)6-2-8(10)7(4-12)9(3-6)11(14)15/h2-4H,1H3. The van der Waals surface area contributed by atoms with Crippen LogP contribution >= 0.6 is 0 Å². The minimum Gasteiger partial charge on any atom is -0.298 e. The quantitative estimate of drug-likeness (QED) is 0.330. The number of nitro groups is 1. The number of rotatable bonds is 3. The monoisotopic (exact) mass is 211 g/mol. The number of halogens is 1. The molecule has 15 heavy (non-hydrogen) atoms. The highest BCUT2D eigenvalue weighted by atomic mass is 19.1. The molecule has 0 N–H and O–H groups in total. The molecule has 0 aliphatic carbocycles. The van der Waals surface area contributed by atoms with E-state index in [9.17, 15) is 24.1 Å². The van der Waals surface area contributed by atoms with E-state index in [1.807, 2.05) is 0 Å². The molecule has 0 saturated carbocycles. The lowest BCUT2D eigenvalue weighted by Gasteiger charge is -2.00. The van der Waals surface area contributed by atoms with Gasteiger partial charge in [0, 0.05) is 11.6 Å². The van der Waals surface area contributed by atoms with Gasteiger partial charge >= 0.3 is 0 Å². The predicted octanol–water partition coefficient (Wildman–Crippen LogP) is 1.75. The molecule has 5 nitrogen and oxygen atoms in total. The molecule has 1 aromatic carbocycles. The van der Waals surface area contributed by atoms with E-state index in [0.717, 1.165) is 19.1 Å². The summed E-state index contributed by atoms with van der Waals surface area (Å²) in [4.78, 5) is 30.9. The highest BCUT2D eigenvalue weighted by Gasteiger charge is 2.20. The van der Waals surface area contributed by atoms with Crippen LogP contribution < -0.4 is 0 Å². The fourth-order valence-corrected chi connectivity index (χ4v) is 1.07. The third-order valence-corrected chi connectivity index (χ3v) is 1.83. The molecule has 0 fully saturated rings. The number of Topliss-reactive ketones (excluding diaryl/α,β-unsaturated/α-hetero) is 1. The number of hydrogen-bond acceptors (Lipinski definition) is 4. The fraction of sp³-hybridized carbons (Fsp3) is 0.111. The molecule has 0 unspecified atom stereocenters. The van der Waals surface area contributed by atoms with Crippen LogP contribution in [0.2, 0.25) is 0 Å². The second kappa shape index (κ2) is 3.95. The summed E-state index contributed by atoms with van der Waals surface area (Å²) >= 11 is 0. The second-order valence-electron chi connectivity index (χ2n) is 2.82. The Morgan fingerprint density at radius 3 is 2.53 bits per heavy atom. The van der Waals surface area contributed by atoms with Gasteiger partial charge in [-0.3, -0.25) is 19.7 Å². The van der Waals surface area contributed by atoms with Gasteiger partial charge in [-0.15, -0.1) is 0 Å². The molecule has 78 valence electrons. The molecule has 0 aliphatic heterocycles. The van der Waals surface area contributed by atoms with Crippen LogP contribution in [-0.2, 0) is 0 Å². The van der Waals surface area contributed by atoms with Crippen molar-refractivity contribution < 1.29 is 18.9 Å². The molecule has 1 aromatic rings. The molecule has 0 radical (unpaired) electrons. The van der Waals surface area contributed by atoms with E-state index in [-0.39, 0.29) is 11.8 Å². The average Bonchev–Trinajstić information content (AvgIpc) is 2.16. The predicted molar refractivity (Wildman–Crippen MR) is 48.4 cm³/mol. The summed E-state index contributed by atoms with van der Waals surface area (Å²) in [5.74, 6) is -1.57. The van der Waals surface area contributed by atoms with Crippen molar-refractivity contribution in [2.24, 2.45) is 0 Å². The first-order chi connectivity index (χ1) is 6.97. The van der Waals surface area contributed by atoms with Gasteiger partial charge in [-0.25, -0.2) is 4.39 Å². The van der Waals surface area contributed by atoms with E-state index in [2.05, 4.69) is 0 Å². The Balaban J connectivity index is 3.52. The van der Waals surface area contributed by atoms with Crippen molar-refractivity contribution in [2.75, 3.05) is 0 Å². The first kappa shape index (κ1) is 11.0. The number of hydrogen-bond donors (Lipinski definition) is 0. The van der Waals surface area contributed by atoms with Gasteiger partial charge in [-0.1, -0.05) is 0 Å². The maximum absolute atomic E-state index is 13.1. The lowest BCUT2D eigenvalue weighted by Crippen LogP contribution is -2.02. The fourth-order valence-electron chi connectivity index (χ4n) is 1.07. The summed E-state index contributed by atoms with van der Waals surface area (Å²) in [5.41, 5.74) is -1.48. The Bertz CT molecular complexity index is 456. The summed E-state index contributed by atoms with van der Waals surface area (Å²) < 4.78 is 13.1. The topological polar surface area (TPSA) is 77.3 Å². The van der Waals surface area contributed by atoms with Crippen molar-refractivity contribution in [3.05, 3.63) is 39.2 Å². The molecule has 0 bridgehead atoms. The molecule has 0 amide bonds. The van der Waals surface area contributed by atoms with E-state index in [4.69, 9.17) is 0 Å². The number of aldehydes is 1. The maximum atomic E-state index is 13.1. The Hall–Kier alpha value is -2.11. The molecule has 0 saturated heterocycles. The lowest BCUT2D eigenvalue weighted by molar-refractivity contribution is -0.385. The molecule has 0 atom stereocenters. The Morgan fingerprint density at radius 1 is 1.53 bits per heavy atom. The summed E-state index contributed by atoms with van der Waals surface area (Å²) in [5, 5.41) is 10.5. The van der Waals surface area contributed by atoms with Gasteiger partial charge in [0.25, 0.3) is 5.69 Å². The zero-order chi connectivity index (χ0) is 11.6. The molecule has 1 rings (SSSR count). The molecule has 6 heteroatoms. The van der Waals surface area contributed by atoms with Crippen LogP contribution in [0.1, 0.15) is 27.6 Å². The lowest BCUT2D eigenvalue weighted by atomic mass is 10.1. The number of ketones is 1. The Kier molecular flexibility index (Phi) is 2.89. The number of carbonyl (C=O) groups is 2. The van der Waals surface area contributed by atoms with Crippen LogP contribution in [0.5, 0.6) is 0 Å². The Labute approximate surface area is 83.7 Å². The molecule has 0 aromatic heterocycles. The molecular weight excluding hydrogens is 205 g/mol. The maximum Gasteiger partial charge on any atom is 0.283 e. The highest BCUT2D eigenvalue weighted by Crippen LogP contribution is 2.22. The van der Waals surface area contributed by atoms with Crippen LogP contribution in [0, 0.1) is 15.9 Å². The number of benzene rings is 1. The number of nitrogens with zero attached hydrogens (tertiary/aromatic N) is 1. The first-order valence-corrected chi connectivity index (χ1v) is 3.91. The van der Waals surface area contributed by atoms with Crippen molar-refractivity contribution in [1.29, 1.82) is 0 Å². The van der Waals surface area contributed by atoms with E-state index in [1.54, 1.807) is 0 Å². The summed E-state index contributed by atoms with van der Waals surface area (Å²) in [6, 6.07) is 1.69. The van der Waals surface area contributed by atoms with Gasteiger partial charge in [-0.05, 0) is 13.0 Å². The van der Waals surface area contributed by atoms with Crippen molar-refractivity contribution >= 4 is 17.8 Å². The Morgan fingerprint density at radius 2 is 2.13 bits per heavy atom. The zero-order valence-corrected chi connectivity index (χ0v) is 7.69. The number of nitro benzene ring substituents is 1. The first-order valence-electron chi connectivity index (χ1n) is 3.91. The van der Waals surface area contributed by atoms with Crippen LogP contribution in [0.3, 0.4) is 0 Å². The third-order valence-electron chi connectivity index (χ3n) is 1.83. The van der Waals surface area contributed by atoms with Gasteiger partial charge in [0.1, 0.15) is 11.4 Å². The zero-order valence-electron chi connectivity index (χ0n) is 7.69. The van der Waals surface area contributed by atoms with E-state index < -0.39 is 27.8 Å². The smallest absolute Gasteiger partial charge is 0.283 e. The largest absolute Gasteiger partial charge is 0.298 e. The minimum atomic E-state index is -1.07. The van der Waals surface area contributed by atoms with Crippen molar-refractivity contribution in [2.45, 2.75) is 6.92 Å². The summed E-state index contributed by atoms with van der Waals surface area (Å²) in [6.45, 7) is 1.15. The SMILES string of the molecule is CC(=O)c1cc(F)c(C=O)c([N+](=O)[O-])c1. The summed E-state index contributed by atoms with van der Waals surface area (Å²) in [7, 11) is 0. The van der Waals surface area contributed by atoms with Crippen LogP contribution in [-0.4, -0.2) is 17.0 Å². The van der Waals surface area contributed by atoms with Gasteiger partial charge in [-0.2, -0.15) is 0 Å². The van der Waals surface area contributed by atoms with Crippen LogP contribution in [0.4, 0.5) is 10.1 Å². The third kappa shape index (κ3) is 2.04. The molecule has 0 aliphatic rings. The van der Waals surface area contributed by atoms with Crippen molar-refractivity contribution in [1.82, 2.24) is 0 Å².